The fraction of sp³-hybridized carbons (Fsp3) is 0.200. The van der Waals surface area contributed by atoms with Gasteiger partial charge in [0, 0.05) is 16.2 Å². The lowest BCUT2D eigenvalue weighted by Crippen LogP contribution is -2.08. The van der Waals surface area contributed by atoms with Crippen molar-refractivity contribution in [3.8, 4) is 0 Å². The number of hydrogen-bond donors (Lipinski definition) is 0. The molecule has 2 aromatic carbocycles. The number of benzene rings is 2. The zero-order chi connectivity index (χ0) is 15.6. The predicted molar refractivity (Wildman–Crippen MR) is 85.9 cm³/mol. The van der Waals surface area contributed by atoms with E-state index in [2.05, 4.69) is 0 Å². The first-order valence-electron chi connectivity index (χ1n) is 6.21. The van der Waals surface area contributed by atoms with Crippen LogP contribution in [-0.2, 0) is 26.4 Å². The molecule has 1 unspecified atom stereocenters. The highest BCUT2D eigenvalue weighted by Gasteiger charge is 2.18. The van der Waals surface area contributed by atoms with Crippen LogP contribution in [0.5, 0.6) is 0 Å². The van der Waals surface area contributed by atoms with Gasteiger partial charge in [-0.05, 0) is 42.3 Å². The third-order valence-corrected chi connectivity index (χ3v) is 5.93. The first kappa shape index (κ1) is 16.2. The lowest BCUT2D eigenvalue weighted by molar-refractivity contribution is 0.595. The summed E-state index contributed by atoms with van der Waals surface area (Å²) in [5.41, 5.74) is 1.40. The van der Waals surface area contributed by atoms with Crippen LogP contribution in [0, 0.1) is 6.92 Å². The normalized spacial score (nSPS) is 13.1. The molecule has 0 N–H and O–H groups in total. The van der Waals surface area contributed by atoms with Crippen LogP contribution in [-0.4, -0.2) is 18.9 Å². The van der Waals surface area contributed by atoms with Crippen LogP contribution in [0.3, 0.4) is 0 Å². The van der Waals surface area contributed by atoms with Crippen molar-refractivity contribution >= 4 is 32.2 Å². The van der Waals surface area contributed by atoms with E-state index in [1.54, 1.807) is 36.4 Å². The van der Waals surface area contributed by atoms with Gasteiger partial charge in [0.05, 0.1) is 21.4 Å². The molecule has 0 heterocycles. The van der Waals surface area contributed by atoms with E-state index in [4.69, 9.17) is 11.6 Å². The minimum absolute atomic E-state index is 0.192. The summed E-state index contributed by atoms with van der Waals surface area (Å²) in [6.45, 7) is 1.84. The Morgan fingerprint density at radius 2 is 1.86 bits per heavy atom. The number of hydrogen-bond acceptors (Lipinski definition) is 3. The highest BCUT2D eigenvalue weighted by molar-refractivity contribution is 7.90. The van der Waals surface area contributed by atoms with Crippen LogP contribution in [0.1, 0.15) is 11.1 Å². The summed E-state index contributed by atoms with van der Waals surface area (Å²) in [6.07, 6.45) is 1.51. The van der Waals surface area contributed by atoms with Gasteiger partial charge in [-0.3, -0.25) is 4.21 Å². The summed E-state index contributed by atoms with van der Waals surface area (Å²) in [5.74, 6) is -0.192. The topological polar surface area (TPSA) is 51.2 Å². The summed E-state index contributed by atoms with van der Waals surface area (Å²) >= 11 is 5.89. The summed E-state index contributed by atoms with van der Waals surface area (Å²) in [6, 6.07) is 11.5. The zero-order valence-corrected chi connectivity index (χ0v) is 14.1. The molecule has 0 aliphatic carbocycles. The molecular weight excluding hydrogens is 328 g/mol. The van der Waals surface area contributed by atoms with E-state index < -0.39 is 20.6 Å². The van der Waals surface area contributed by atoms with Crippen LogP contribution in [0.25, 0.3) is 0 Å². The highest BCUT2D eigenvalue weighted by Crippen LogP contribution is 2.24. The van der Waals surface area contributed by atoms with Gasteiger partial charge in [0.2, 0.25) is 0 Å². The maximum atomic E-state index is 12.5. The van der Waals surface area contributed by atoms with E-state index >= 15 is 0 Å². The smallest absolute Gasteiger partial charge is 0.182 e. The number of aryl methyl sites for hydroxylation is 1. The van der Waals surface area contributed by atoms with Crippen LogP contribution in [0.4, 0.5) is 0 Å². The van der Waals surface area contributed by atoms with E-state index in [0.717, 1.165) is 5.56 Å². The van der Waals surface area contributed by atoms with E-state index in [1.165, 1.54) is 6.26 Å². The number of sulfone groups is 1. The fourth-order valence-corrected chi connectivity index (χ4v) is 4.62. The van der Waals surface area contributed by atoms with Gasteiger partial charge in [0.1, 0.15) is 0 Å². The minimum Gasteiger partial charge on any atom is -0.255 e. The van der Waals surface area contributed by atoms with Crippen molar-refractivity contribution in [2.45, 2.75) is 22.5 Å². The van der Waals surface area contributed by atoms with Gasteiger partial charge in [-0.2, -0.15) is 0 Å². The van der Waals surface area contributed by atoms with Crippen molar-refractivity contribution in [3.63, 3.8) is 0 Å². The van der Waals surface area contributed by atoms with Crippen molar-refractivity contribution in [2.24, 2.45) is 0 Å². The molecule has 1 atom stereocenters. The maximum absolute atomic E-state index is 12.5. The van der Waals surface area contributed by atoms with Crippen LogP contribution in [0.15, 0.2) is 52.3 Å². The molecule has 0 aliphatic rings. The molecule has 3 nitrogen and oxygen atoms in total. The lowest BCUT2D eigenvalue weighted by atomic mass is 10.2. The molecule has 0 fully saturated rings. The SMILES string of the molecule is Cc1cccc(S(=O)(=O)Cc2ccc(Cl)cc2S(C)=O)c1. The average Bonchev–Trinajstić information content (AvgIpc) is 2.40. The molecule has 0 bridgehead atoms. The van der Waals surface area contributed by atoms with Crippen LogP contribution < -0.4 is 0 Å². The average molecular weight is 343 g/mol. The van der Waals surface area contributed by atoms with Gasteiger partial charge in [0.25, 0.3) is 0 Å². The predicted octanol–water partition coefficient (Wildman–Crippen LogP) is 3.36. The van der Waals surface area contributed by atoms with Crippen molar-refractivity contribution in [3.05, 3.63) is 58.6 Å². The summed E-state index contributed by atoms with van der Waals surface area (Å²) in [4.78, 5) is 0.726. The highest BCUT2D eigenvalue weighted by atomic mass is 35.5. The molecule has 0 radical (unpaired) electrons. The van der Waals surface area contributed by atoms with Gasteiger partial charge in [-0.15, -0.1) is 0 Å². The molecule has 0 aromatic heterocycles. The number of halogens is 1. The molecule has 112 valence electrons. The Balaban J connectivity index is 2.44. The van der Waals surface area contributed by atoms with Gasteiger partial charge >= 0.3 is 0 Å². The minimum atomic E-state index is -3.48. The Morgan fingerprint density at radius 1 is 1.14 bits per heavy atom. The first-order chi connectivity index (χ1) is 9.79. The van der Waals surface area contributed by atoms with E-state index in [1.807, 2.05) is 13.0 Å². The van der Waals surface area contributed by atoms with Gasteiger partial charge in [-0.25, -0.2) is 8.42 Å². The van der Waals surface area contributed by atoms with Gasteiger partial charge < -0.3 is 0 Å². The third kappa shape index (κ3) is 3.93. The summed E-state index contributed by atoms with van der Waals surface area (Å²) < 4.78 is 36.7. The Bertz CT molecular complexity index is 798. The van der Waals surface area contributed by atoms with Crippen molar-refractivity contribution in [1.29, 1.82) is 0 Å². The fourth-order valence-electron chi connectivity index (χ4n) is 2.01. The zero-order valence-electron chi connectivity index (χ0n) is 11.7. The third-order valence-electron chi connectivity index (χ3n) is 3.03. The summed E-state index contributed by atoms with van der Waals surface area (Å²) in [7, 11) is -4.78. The second kappa shape index (κ2) is 6.30. The molecular formula is C15H15ClO3S2. The van der Waals surface area contributed by atoms with Crippen molar-refractivity contribution in [2.75, 3.05) is 6.26 Å². The largest absolute Gasteiger partial charge is 0.255 e. The molecule has 2 aromatic rings. The van der Waals surface area contributed by atoms with Gasteiger partial charge in [0.15, 0.2) is 9.84 Å². The van der Waals surface area contributed by atoms with Crippen molar-refractivity contribution < 1.29 is 12.6 Å². The van der Waals surface area contributed by atoms with E-state index in [0.29, 0.717) is 15.5 Å². The molecule has 0 amide bonds. The quantitative estimate of drug-likeness (QED) is 0.856. The Hall–Kier alpha value is -1.17. The monoisotopic (exact) mass is 342 g/mol. The first-order valence-corrected chi connectivity index (χ1v) is 9.80. The summed E-state index contributed by atoms with van der Waals surface area (Å²) in [5, 5.41) is 0.442. The van der Waals surface area contributed by atoms with Gasteiger partial charge in [-0.1, -0.05) is 29.8 Å². The lowest BCUT2D eigenvalue weighted by Gasteiger charge is -2.09. The molecule has 6 heteroatoms. The van der Waals surface area contributed by atoms with Crippen LogP contribution in [0.2, 0.25) is 5.02 Å². The molecule has 21 heavy (non-hydrogen) atoms. The number of rotatable bonds is 4. The standard InChI is InChI=1S/C15H15ClO3S2/c1-11-4-3-5-14(8-11)21(18,19)10-12-6-7-13(16)9-15(12)20(2)17/h3-9H,10H2,1-2H3. The molecule has 0 aliphatic heterocycles. The van der Waals surface area contributed by atoms with E-state index in [-0.39, 0.29) is 10.6 Å². The van der Waals surface area contributed by atoms with E-state index in [9.17, 15) is 12.6 Å². The molecule has 2 rings (SSSR count). The van der Waals surface area contributed by atoms with Crippen molar-refractivity contribution in [1.82, 2.24) is 0 Å². The Kier molecular flexibility index (Phi) is 4.86. The Morgan fingerprint density at radius 3 is 2.48 bits per heavy atom. The van der Waals surface area contributed by atoms with Crippen LogP contribution >= 0.6 is 11.6 Å². The molecule has 0 saturated carbocycles. The second-order valence-electron chi connectivity index (χ2n) is 4.78. The second-order valence-corrected chi connectivity index (χ2v) is 8.56. The maximum Gasteiger partial charge on any atom is 0.182 e. The Labute approximate surface area is 132 Å². The molecule has 0 spiro atoms. The molecule has 0 saturated heterocycles.